The number of carbonyl (C=O) groups is 3. The SMILES string of the molecule is C=C(C)C(=O)OCCOCCOCCOCCOCCOCCOCCOCCOCCOCCOC(=O)CCCCC(=O)O. The lowest BCUT2D eigenvalue weighted by atomic mass is 10.2. The van der Waals surface area contributed by atoms with E-state index in [4.69, 9.17) is 57.2 Å². The third kappa shape index (κ3) is 36.1. The minimum absolute atomic E-state index is 0.0569. The zero-order valence-corrected chi connectivity index (χ0v) is 26.8. The Morgan fingerprint density at radius 1 is 0.444 bits per heavy atom. The fourth-order valence-electron chi connectivity index (χ4n) is 3.01. The number of aliphatic carboxylic acids is 1. The fraction of sp³-hybridized carbons (Fsp3) is 0.833. The molecule has 264 valence electrons. The first-order chi connectivity index (χ1) is 21.9. The lowest BCUT2D eigenvalue weighted by Gasteiger charge is -2.09. The first kappa shape index (κ1) is 42.8. The molecule has 0 saturated carbocycles. The molecule has 45 heavy (non-hydrogen) atoms. The molecular weight excluding hydrogens is 600 g/mol. The molecule has 0 aromatic heterocycles. The molecule has 0 aliphatic heterocycles. The predicted octanol–water partition coefficient (Wildman–Crippen LogP) is 1.44. The number of ether oxygens (including phenoxy) is 11. The summed E-state index contributed by atoms with van der Waals surface area (Å²) in [5.74, 6) is -1.64. The van der Waals surface area contributed by atoms with Crippen LogP contribution in [-0.2, 0) is 66.5 Å². The van der Waals surface area contributed by atoms with Crippen LogP contribution in [0, 0.1) is 0 Å². The van der Waals surface area contributed by atoms with Crippen LogP contribution in [0.25, 0.3) is 0 Å². The second kappa shape index (κ2) is 34.7. The van der Waals surface area contributed by atoms with E-state index in [1.807, 2.05) is 0 Å². The van der Waals surface area contributed by atoms with Crippen LogP contribution in [0.15, 0.2) is 12.2 Å². The van der Waals surface area contributed by atoms with E-state index in [1.165, 1.54) is 0 Å². The van der Waals surface area contributed by atoms with Gasteiger partial charge in [-0.2, -0.15) is 0 Å². The Balaban J connectivity index is 3.12. The number of rotatable bonds is 36. The van der Waals surface area contributed by atoms with Crippen molar-refractivity contribution in [1.29, 1.82) is 0 Å². The lowest BCUT2D eigenvalue weighted by molar-refractivity contribution is -0.146. The number of esters is 2. The number of carboxylic acids is 1. The standard InChI is InChI=1S/C30H54O15/c1-27(2)30(34)45-26-24-43-22-20-41-18-16-39-14-12-37-10-8-35-7-9-36-11-13-38-15-17-40-19-21-42-23-25-44-29(33)6-4-3-5-28(31)32/h1,3-26H2,2H3,(H,31,32). The number of carboxylic acid groups (broad SMARTS) is 1. The molecule has 15 heteroatoms. The molecule has 15 nitrogen and oxygen atoms in total. The van der Waals surface area contributed by atoms with Gasteiger partial charge in [-0.3, -0.25) is 9.59 Å². The van der Waals surface area contributed by atoms with Crippen molar-refractivity contribution in [2.24, 2.45) is 0 Å². The molecule has 0 bridgehead atoms. The van der Waals surface area contributed by atoms with E-state index in [-0.39, 0.29) is 38.6 Å². The van der Waals surface area contributed by atoms with Crippen LogP contribution < -0.4 is 0 Å². The van der Waals surface area contributed by atoms with E-state index >= 15 is 0 Å². The van der Waals surface area contributed by atoms with Gasteiger partial charge in [0.15, 0.2) is 0 Å². The maximum absolute atomic E-state index is 11.5. The molecule has 0 radical (unpaired) electrons. The predicted molar refractivity (Wildman–Crippen MR) is 160 cm³/mol. The Kier molecular flexibility index (Phi) is 33.0. The maximum Gasteiger partial charge on any atom is 0.333 e. The van der Waals surface area contributed by atoms with Gasteiger partial charge in [-0.1, -0.05) is 6.58 Å². The molecule has 0 atom stereocenters. The summed E-state index contributed by atoms with van der Waals surface area (Å²) in [4.78, 5) is 33.0. The van der Waals surface area contributed by atoms with Crippen molar-refractivity contribution in [3.63, 3.8) is 0 Å². The largest absolute Gasteiger partial charge is 0.481 e. The second-order valence-corrected chi connectivity index (χ2v) is 9.25. The highest BCUT2D eigenvalue weighted by molar-refractivity contribution is 5.86. The van der Waals surface area contributed by atoms with Crippen LogP contribution in [0.2, 0.25) is 0 Å². The van der Waals surface area contributed by atoms with Gasteiger partial charge in [-0.25, -0.2) is 4.79 Å². The Hall–Kier alpha value is -2.21. The average molecular weight is 655 g/mol. The third-order valence-corrected chi connectivity index (χ3v) is 5.30. The molecule has 0 unspecified atom stereocenters. The normalized spacial score (nSPS) is 11.0. The summed E-state index contributed by atoms with van der Waals surface area (Å²) in [6, 6.07) is 0. The molecule has 0 heterocycles. The highest BCUT2D eigenvalue weighted by Gasteiger charge is 2.04. The zero-order chi connectivity index (χ0) is 33.1. The van der Waals surface area contributed by atoms with Gasteiger partial charge in [0.25, 0.3) is 0 Å². The molecule has 0 aromatic carbocycles. The van der Waals surface area contributed by atoms with E-state index in [0.29, 0.717) is 131 Å². The highest BCUT2D eigenvalue weighted by atomic mass is 16.6. The van der Waals surface area contributed by atoms with E-state index in [9.17, 15) is 14.4 Å². The van der Waals surface area contributed by atoms with Gasteiger partial charge >= 0.3 is 17.9 Å². The van der Waals surface area contributed by atoms with Crippen molar-refractivity contribution in [3.8, 4) is 0 Å². The van der Waals surface area contributed by atoms with Crippen molar-refractivity contribution in [2.45, 2.75) is 32.6 Å². The Morgan fingerprint density at radius 3 is 1.00 bits per heavy atom. The van der Waals surface area contributed by atoms with Gasteiger partial charge in [0, 0.05) is 18.4 Å². The van der Waals surface area contributed by atoms with Crippen LogP contribution in [0.3, 0.4) is 0 Å². The van der Waals surface area contributed by atoms with Crippen LogP contribution in [0.5, 0.6) is 0 Å². The summed E-state index contributed by atoms with van der Waals surface area (Å²) < 4.78 is 58.5. The summed E-state index contributed by atoms with van der Waals surface area (Å²) in [5.41, 5.74) is 0.362. The Bertz CT molecular complexity index is 719. The first-order valence-electron chi connectivity index (χ1n) is 15.3. The molecule has 0 aliphatic rings. The highest BCUT2D eigenvalue weighted by Crippen LogP contribution is 2.01. The number of carbonyl (C=O) groups excluding carboxylic acids is 2. The number of hydrogen-bond donors (Lipinski definition) is 1. The van der Waals surface area contributed by atoms with Crippen molar-refractivity contribution >= 4 is 17.9 Å². The van der Waals surface area contributed by atoms with Crippen molar-refractivity contribution < 1.29 is 71.6 Å². The molecule has 0 saturated heterocycles. The van der Waals surface area contributed by atoms with E-state index < -0.39 is 11.9 Å². The average Bonchev–Trinajstić information content (AvgIpc) is 3.01. The third-order valence-electron chi connectivity index (χ3n) is 5.30. The van der Waals surface area contributed by atoms with Crippen molar-refractivity contribution in [2.75, 3.05) is 132 Å². The molecule has 0 amide bonds. The molecule has 0 spiro atoms. The molecule has 0 aliphatic carbocycles. The summed E-state index contributed by atoms with van der Waals surface area (Å²) in [6.45, 7) is 13.2. The maximum atomic E-state index is 11.5. The summed E-state index contributed by atoms with van der Waals surface area (Å²) >= 11 is 0. The zero-order valence-electron chi connectivity index (χ0n) is 26.8. The fourth-order valence-corrected chi connectivity index (χ4v) is 3.01. The van der Waals surface area contributed by atoms with E-state index in [1.54, 1.807) is 6.92 Å². The summed E-state index contributed by atoms with van der Waals surface area (Å²) in [7, 11) is 0. The monoisotopic (exact) mass is 654 g/mol. The number of hydrogen-bond acceptors (Lipinski definition) is 14. The Morgan fingerprint density at radius 2 is 0.711 bits per heavy atom. The minimum atomic E-state index is -0.866. The molecule has 0 aromatic rings. The van der Waals surface area contributed by atoms with Crippen molar-refractivity contribution in [1.82, 2.24) is 0 Å². The molecule has 0 rings (SSSR count). The van der Waals surface area contributed by atoms with Gasteiger partial charge < -0.3 is 57.2 Å². The minimum Gasteiger partial charge on any atom is -0.481 e. The van der Waals surface area contributed by atoms with Crippen LogP contribution in [-0.4, -0.2) is 155 Å². The van der Waals surface area contributed by atoms with Gasteiger partial charge in [0.2, 0.25) is 0 Å². The van der Waals surface area contributed by atoms with Gasteiger partial charge in [0.05, 0.1) is 119 Å². The number of unbranched alkanes of at least 4 members (excludes halogenated alkanes) is 1. The van der Waals surface area contributed by atoms with Gasteiger partial charge in [0.1, 0.15) is 13.2 Å². The molecular formula is C30H54O15. The van der Waals surface area contributed by atoms with Crippen molar-refractivity contribution in [3.05, 3.63) is 12.2 Å². The second-order valence-electron chi connectivity index (χ2n) is 9.25. The van der Waals surface area contributed by atoms with E-state index in [2.05, 4.69) is 6.58 Å². The van der Waals surface area contributed by atoms with Crippen LogP contribution >= 0.6 is 0 Å². The summed E-state index contributed by atoms with van der Waals surface area (Å²) in [6.07, 6.45) is 1.22. The quantitative estimate of drug-likeness (QED) is 0.0584. The molecule has 0 fully saturated rings. The van der Waals surface area contributed by atoms with E-state index in [0.717, 1.165) is 0 Å². The van der Waals surface area contributed by atoms with Crippen LogP contribution in [0.4, 0.5) is 0 Å². The smallest absolute Gasteiger partial charge is 0.333 e. The van der Waals surface area contributed by atoms with Crippen LogP contribution in [0.1, 0.15) is 32.6 Å². The van der Waals surface area contributed by atoms with Gasteiger partial charge in [-0.05, 0) is 19.8 Å². The topological polar surface area (TPSA) is 173 Å². The lowest BCUT2D eigenvalue weighted by Crippen LogP contribution is -2.16. The summed E-state index contributed by atoms with van der Waals surface area (Å²) in [5, 5.41) is 8.54. The van der Waals surface area contributed by atoms with Gasteiger partial charge in [-0.15, -0.1) is 0 Å². The first-order valence-corrected chi connectivity index (χ1v) is 15.3. The molecule has 1 N–H and O–H groups in total. The Labute approximate surface area is 266 Å².